The van der Waals surface area contributed by atoms with Crippen LogP contribution in [0.15, 0.2) is 28.2 Å². The van der Waals surface area contributed by atoms with E-state index in [-0.39, 0.29) is 35.5 Å². The quantitative estimate of drug-likeness (QED) is 0.572. The van der Waals surface area contributed by atoms with Gasteiger partial charge in [0.15, 0.2) is 5.16 Å². The Bertz CT molecular complexity index is 905. The van der Waals surface area contributed by atoms with Crippen molar-refractivity contribution >= 4 is 40.2 Å². The largest absolute Gasteiger partial charge is 0.372 e. The number of benzene rings is 1. The minimum Gasteiger partial charge on any atom is -0.372 e. The summed E-state index contributed by atoms with van der Waals surface area (Å²) in [6.45, 7) is 8.97. The fourth-order valence-corrected chi connectivity index (χ4v) is 4.51. The van der Waals surface area contributed by atoms with Crippen LogP contribution < -0.4 is 5.56 Å². The average Bonchev–Trinajstić information content (AvgIpc) is 2.58. The van der Waals surface area contributed by atoms with Gasteiger partial charge in [0.2, 0.25) is 5.91 Å². The highest BCUT2D eigenvalue weighted by atomic mass is 35.5. The molecule has 2 heterocycles. The zero-order valence-corrected chi connectivity index (χ0v) is 17.5. The van der Waals surface area contributed by atoms with Crippen molar-refractivity contribution < 1.29 is 9.53 Å². The van der Waals surface area contributed by atoms with Crippen LogP contribution in [0.4, 0.5) is 0 Å². The molecule has 6 nitrogen and oxygen atoms in total. The van der Waals surface area contributed by atoms with Gasteiger partial charge >= 0.3 is 0 Å². The van der Waals surface area contributed by atoms with Crippen LogP contribution in [0, 0.1) is 0 Å². The summed E-state index contributed by atoms with van der Waals surface area (Å²) in [5, 5.41) is 1.59. The van der Waals surface area contributed by atoms with Crippen molar-refractivity contribution in [2.45, 2.75) is 51.1 Å². The topological polar surface area (TPSA) is 64.4 Å². The highest BCUT2D eigenvalue weighted by Crippen LogP contribution is 2.23. The molecule has 0 unspecified atom stereocenters. The molecule has 1 aromatic heterocycles. The van der Waals surface area contributed by atoms with E-state index in [1.54, 1.807) is 22.8 Å². The lowest BCUT2D eigenvalue weighted by atomic mass is 10.2. The second kappa shape index (κ2) is 8.20. The fourth-order valence-electron chi connectivity index (χ4n) is 3.31. The van der Waals surface area contributed by atoms with Crippen LogP contribution in [0.1, 0.15) is 33.7 Å². The number of carbonyl (C=O) groups is 1. The van der Waals surface area contributed by atoms with Crippen molar-refractivity contribution in [1.82, 2.24) is 14.5 Å². The van der Waals surface area contributed by atoms with Gasteiger partial charge in [-0.3, -0.25) is 14.2 Å². The van der Waals surface area contributed by atoms with E-state index >= 15 is 0 Å². The number of nitrogens with zero attached hydrogens (tertiary/aromatic N) is 3. The van der Waals surface area contributed by atoms with Crippen molar-refractivity contribution in [3.63, 3.8) is 0 Å². The van der Waals surface area contributed by atoms with Gasteiger partial charge in [-0.1, -0.05) is 23.4 Å². The number of hydrogen-bond acceptors (Lipinski definition) is 5. The van der Waals surface area contributed by atoms with Crippen LogP contribution in [0.25, 0.3) is 10.9 Å². The van der Waals surface area contributed by atoms with Gasteiger partial charge in [-0.25, -0.2) is 4.98 Å². The molecular weight excluding hydrogens is 386 g/mol. The number of amides is 1. The van der Waals surface area contributed by atoms with Gasteiger partial charge in [0, 0.05) is 24.2 Å². The molecule has 8 heteroatoms. The van der Waals surface area contributed by atoms with Crippen molar-refractivity contribution in [2.75, 3.05) is 18.8 Å². The van der Waals surface area contributed by atoms with E-state index in [9.17, 15) is 9.59 Å². The monoisotopic (exact) mass is 409 g/mol. The molecule has 0 spiro atoms. The Morgan fingerprint density at radius 2 is 2.00 bits per heavy atom. The number of morpholine rings is 1. The zero-order valence-electron chi connectivity index (χ0n) is 15.9. The Balaban J connectivity index is 1.86. The lowest BCUT2D eigenvalue weighted by Crippen LogP contribution is -2.48. The maximum Gasteiger partial charge on any atom is 0.262 e. The number of thioether (sulfide) groups is 1. The summed E-state index contributed by atoms with van der Waals surface area (Å²) in [4.78, 5) is 32.0. The molecule has 146 valence electrons. The average molecular weight is 410 g/mol. The third-order valence-corrected chi connectivity index (χ3v) is 5.62. The maximum absolute atomic E-state index is 12.9. The zero-order chi connectivity index (χ0) is 19.7. The third-order valence-electron chi connectivity index (χ3n) is 4.44. The van der Waals surface area contributed by atoms with Crippen LogP contribution in [-0.4, -0.2) is 51.4 Å². The number of halogens is 1. The van der Waals surface area contributed by atoms with E-state index < -0.39 is 0 Å². The van der Waals surface area contributed by atoms with Gasteiger partial charge in [-0.05, 0) is 45.9 Å². The lowest BCUT2D eigenvalue weighted by molar-refractivity contribution is -0.140. The number of carbonyl (C=O) groups excluding carboxylic acids is 1. The summed E-state index contributed by atoms with van der Waals surface area (Å²) in [5.41, 5.74) is 0.434. The Morgan fingerprint density at radius 1 is 1.33 bits per heavy atom. The maximum atomic E-state index is 12.9. The van der Waals surface area contributed by atoms with Crippen molar-refractivity contribution in [3.8, 4) is 0 Å². The molecule has 0 bridgehead atoms. The first-order valence-electron chi connectivity index (χ1n) is 9.04. The number of aromatic nitrogens is 2. The first kappa shape index (κ1) is 20.2. The molecule has 3 rings (SSSR count). The molecule has 27 heavy (non-hydrogen) atoms. The normalized spacial score (nSPS) is 20.4. The Kier molecular flexibility index (Phi) is 6.13. The molecule has 1 saturated heterocycles. The molecule has 0 N–H and O–H groups in total. The van der Waals surface area contributed by atoms with Crippen LogP contribution >= 0.6 is 23.4 Å². The lowest BCUT2D eigenvalue weighted by Gasteiger charge is -2.35. The van der Waals surface area contributed by atoms with Gasteiger partial charge in [0.25, 0.3) is 5.56 Å². The van der Waals surface area contributed by atoms with E-state index in [1.807, 2.05) is 32.6 Å². The Morgan fingerprint density at radius 3 is 2.63 bits per heavy atom. The summed E-state index contributed by atoms with van der Waals surface area (Å²) in [6.07, 6.45) is 0.0509. The summed E-state index contributed by atoms with van der Waals surface area (Å²) < 4.78 is 7.32. The minimum absolute atomic E-state index is 0.0254. The standard InChI is InChI=1S/C19H24ClN3O3S/c1-11(2)23-18(25)15-6-5-14(20)7-16(15)21-19(23)27-10-17(24)22-8-12(3)26-13(4)9-22/h5-7,11-13H,8-10H2,1-4H3/t12-,13+. The van der Waals surface area contributed by atoms with E-state index in [1.165, 1.54) is 11.8 Å². The third kappa shape index (κ3) is 4.47. The minimum atomic E-state index is -0.116. The molecule has 2 atom stereocenters. The number of fused-ring (bicyclic) bond motifs is 1. The smallest absolute Gasteiger partial charge is 0.262 e. The second-order valence-corrected chi connectivity index (χ2v) is 8.55. The van der Waals surface area contributed by atoms with Gasteiger partial charge in [-0.15, -0.1) is 0 Å². The summed E-state index contributed by atoms with van der Waals surface area (Å²) in [7, 11) is 0. The van der Waals surface area contributed by atoms with Gasteiger partial charge in [-0.2, -0.15) is 0 Å². The highest BCUT2D eigenvalue weighted by Gasteiger charge is 2.26. The van der Waals surface area contributed by atoms with E-state index in [2.05, 4.69) is 4.98 Å². The molecule has 1 aliphatic heterocycles. The van der Waals surface area contributed by atoms with Gasteiger partial charge in [0.1, 0.15) is 0 Å². The van der Waals surface area contributed by atoms with Crippen molar-refractivity contribution in [3.05, 3.63) is 33.6 Å². The highest BCUT2D eigenvalue weighted by molar-refractivity contribution is 7.99. The summed E-state index contributed by atoms with van der Waals surface area (Å²) in [6, 6.07) is 5.00. The predicted molar refractivity (Wildman–Crippen MR) is 109 cm³/mol. The number of rotatable bonds is 4. The number of ether oxygens (including phenoxy) is 1. The summed E-state index contributed by atoms with van der Waals surface area (Å²) in [5.74, 6) is 0.253. The molecule has 0 saturated carbocycles. The second-order valence-electron chi connectivity index (χ2n) is 7.17. The van der Waals surface area contributed by atoms with E-state index in [4.69, 9.17) is 16.3 Å². The SMILES string of the molecule is CC(C)n1c(SCC(=O)N2C[C@@H](C)O[C@@H](C)C2)nc2cc(Cl)ccc2c1=O. The molecule has 1 fully saturated rings. The van der Waals surface area contributed by atoms with Crippen molar-refractivity contribution in [1.29, 1.82) is 0 Å². The van der Waals surface area contributed by atoms with E-state index in [0.29, 0.717) is 34.2 Å². The van der Waals surface area contributed by atoms with Crippen LogP contribution in [0.3, 0.4) is 0 Å². The predicted octanol–water partition coefficient (Wildman–Crippen LogP) is 3.36. The first-order chi connectivity index (χ1) is 12.8. The molecular formula is C19H24ClN3O3S. The Hall–Kier alpha value is -1.57. The van der Waals surface area contributed by atoms with Gasteiger partial charge < -0.3 is 9.64 Å². The van der Waals surface area contributed by atoms with Crippen LogP contribution in [0.5, 0.6) is 0 Å². The molecule has 0 radical (unpaired) electrons. The Labute approximate surface area is 167 Å². The van der Waals surface area contributed by atoms with Crippen molar-refractivity contribution in [2.24, 2.45) is 0 Å². The molecule has 0 aliphatic carbocycles. The first-order valence-corrected chi connectivity index (χ1v) is 10.4. The van der Waals surface area contributed by atoms with Gasteiger partial charge in [0.05, 0.1) is 28.9 Å². The molecule has 1 aliphatic rings. The van der Waals surface area contributed by atoms with Crippen LogP contribution in [-0.2, 0) is 9.53 Å². The number of hydrogen-bond donors (Lipinski definition) is 0. The molecule has 1 amide bonds. The van der Waals surface area contributed by atoms with Crippen LogP contribution in [0.2, 0.25) is 5.02 Å². The van der Waals surface area contributed by atoms with E-state index in [0.717, 1.165) is 0 Å². The summed E-state index contributed by atoms with van der Waals surface area (Å²) >= 11 is 7.34. The molecule has 1 aromatic carbocycles. The fraction of sp³-hybridized carbons (Fsp3) is 0.526. The molecule has 2 aromatic rings.